The number of hydrogen-bond acceptors (Lipinski definition) is 4. The van der Waals surface area contributed by atoms with Gasteiger partial charge in [0.2, 0.25) is 0 Å². The van der Waals surface area contributed by atoms with Gasteiger partial charge in [0.05, 0.1) is 17.7 Å². The molecule has 0 amide bonds. The first-order chi connectivity index (χ1) is 12.3. The Morgan fingerprint density at radius 2 is 1.42 bits per heavy atom. The molecule has 6 radical (unpaired) electrons. The maximum absolute atomic E-state index is 9.00. The number of nitriles is 2. The van der Waals surface area contributed by atoms with Crippen LogP contribution in [0.2, 0.25) is 0 Å². The minimum atomic E-state index is 0. The predicted octanol–water partition coefficient (Wildman–Crippen LogP) is 4.84. The summed E-state index contributed by atoms with van der Waals surface area (Å²) in [6.07, 6.45) is 13.8. The predicted molar refractivity (Wildman–Crippen MR) is 104 cm³/mol. The second-order valence-corrected chi connectivity index (χ2v) is 5.57. The van der Waals surface area contributed by atoms with E-state index in [1.165, 1.54) is 23.5 Å². The first kappa shape index (κ1) is 27.0. The average Bonchev–Trinajstić information content (AvgIpc) is 3.27. The number of rotatable bonds is 4. The van der Waals surface area contributed by atoms with Gasteiger partial charge in [-0.15, -0.1) is 23.1 Å². The molecule has 6 heteroatoms. The van der Waals surface area contributed by atoms with Gasteiger partial charge < -0.3 is 0 Å². The van der Waals surface area contributed by atoms with Crippen molar-refractivity contribution < 1.29 is 24.1 Å². The zero-order chi connectivity index (χ0) is 18.9. The van der Waals surface area contributed by atoms with Gasteiger partial charge in [0.25, 0.3) is 0 Å². The Balaban J connectivity index is 0. The summed E-state index contributed by atoms with van der Waals surface area (Å²) in [6, 6.07) is 13.5. The summed E-state index contributed by atoms with van der Waals surface area (Å²) in [6.45, 7) is 4.50. The van der Waals surface area contributed by atoms with E-state index in [2.05, 4.69) is 12.1 Å². The number of benzene rings is 1. The molecule has 0 spiro atoms. The smallest absolute Gasteiger partial charge is 0.0312 e. The van der Waals surface area contributed by atoms with Crippen LogP contribution in [0.5, 0.6) is 0 Å². The standard InChI is InChI=1S/C14H11N2S2.C5H5.CO.Ru/c1-17-10-13(11-6-4-3-5-7-11)14(18-2)12(8-15)9-16;1-2-4-5-3-1;1-2;/h3-7H,1-2H3;1-5H;;/q-1;;;+1. The molecule has 1 aliphatic carbocycles. The van der Waals surface area contributed by atoms with E-state index >= 15 is 0 Å². The molecule has 132 valence electrons. The fourth-order valence-electron chi connectivity index (χ4n) is 1.72. The van der Waals surface area contributed by atoms with Crippen molar-refractivity contribution in [2.75, 3.05) is 12.5 Å². The molecule has 0 unspecified atom stereocenters. The third-order valence-corrected chi connectivity index (χ3v) is 3.93. The zero-order valence-electron chi connectivity index (χ0n) is 14.2. The minimum Gasteiger partial charge on any atom is -0.0312 e. The Labute approximate surface area is 178 Å². The summed E-state index contributed by atoms with van der Waals surface area (Å²) in [7, 11) is 0. The van der Waals surface area contributed by atoms with Crippen molar-refractivity contribution in [2.24, 2.45) is 0 Å². The molecule has 2 rings (SSSR count). The number of nitrogens with zero attached hydrogens (tertiary/aromatic N) is 2. The summed E-state index contributed by atoms with van der Waals surface area (Å²) in [5, 5.41) is 21.2. The Kier molecular flexibility index (Phi) is 19.2. The normalized spacial score (nSPS) is 11.8. The van der Waals surface area contributed by atoms with E-state index in [1.54, 1.807) is 0 Å². The molecule has 0 N–H and O–H groups in total. The molecule has 0 atom stereocenters. The second-order valence-electron chi connectivity index (χ2n) is 4.14. The molecule has 0 bridgehead atoms. The molecule has 0 aliphatic heterocycles. The van der Waals surface area contributed by atoms with Crippen LogP contribution in [-0.2, 0) is 24.1 Å². The van der Waals surface area contributed by atoms with Crippen molar-refractivity contribution in [3.8, 4) is 12.1 Å². The van der Waals surface area contributed by atoms with E-state index in [0.717, 1.165) is 11.1 Å². The first-order valence-electron chi connectivity index (χ1n) is 6.95. The van der Waals surface area contributed by atoms with Crippen molar-refractivity contribution >= 4 is 29.1 Å². The molecule has 26 heavy (non-hydrogen) atoms. The van der Waals surface area contributed by atoms with Gasteiger partial charge >= 0.3 is 30.8 Å². The first-order valence-corrected chi connectivity index (χ1v) is 9.40. The molecule has 1 saturated carbocycles. The van der Waals surface area contributed by atoms with Crippen molar-refractivity contribution in [1.29, 1.82) is 10.5 Å². The number of hydrogen-bond donors (Lipinski definition) is 0. The van der Waals surface area contributed by atoms with Crippen LogP contribution in [-0.4, -0.2) is 12.5 Å². The van der Waals surface area contributed by atoms with Crippen molar-refractivity contribution in [3.63, 3.8) is 0 Å². The van der Waals surface area contributed by atoms with Crippen LogP contribution in [0.3, 0.4) is 0 Å². The Morgan fingerprint density at radius 1 is 0.962 bits per heavy atom. The largest absolute Gasteiger partial charge is 1.00 e. The van der Waals surface area contributed by atoms with Crippen LogP contribution < -0.4 is 0 Å². The molecule has 3 nitrogen and oxygen atoms in total. The Hall–Kier alpha value is -1.26. The van der Waals surface area contributed by atoms with Gasteiger partial charge in [-0.3, -0.25) is 0 Å². The van der Waals surface area contributed by atoms with Crippen LogP contribution in [0.1, 0.15) is 5.56 Å². The Morgan fingerprint density at radius 3 is 1.77 bits per heavy atom. The molecule has 0 saturated heterocycles. The van der Waals surface area contributed by atoms with Crippen molar-refractivity contribution in [1.82, 2.24) is 0 Å². The van der Waals surface area contributed by atoms with Crippen LogP contribution in [0.4, 0.5) is 0 Å². The van der Waals surface area contributed by atoms with Crippen LogP contribution in [0.15, 0.2) is 40.8 Å². The molecule has 1 fully saturated rings. The monoisotopic (exact) mass is 466 g/mol. The summed E-state index contributed by atoms with van der Waals surface area (Å²) < 4.78 is 7.50. The van der Waals surface area contributed by atoms with Gasteiger partial charge in [0.15, 0.2) is 0 Å². The molecule has 0 heterocycles. The third-order valence-electron chi connectivity index (χ3n) is 2.70. The van der Waals surface area contributed by atoms with Gasteiger partial charge in [-0.2, -0.15) is 27.9 Å². The van der Waals surface area contributed by atoms with E-state index in [-0.39, 0.29) is 25.1 Å². The molecule has 0 aromatic heterocycles. The van der Waals surface area contributed by atoms with Crippen LogP contribution >= 0.6 is 23.5 Å². The SMILES string of the molecule is CS[C-]=C(C(SC)=C(C#N)C#N)c1ccccc1.[C-]#[O+].[CH]1[CH][CH][CH][CH]1.[Ru+]. The van der Waals surface area contributed by atoms with Crippen molar-refractivity contribution in [3.05, 3.63) is 90.5 Å². The van der Waals surface area contributed by atoms with Gasteiger partial charge in [0.1, 0.15) is 0 Å². The number of allylic oxidation sites excluding steroid dienone is 2. The van der Waals surface area contributed by atoms with Crippen LogP contribution in [0, 0.1) is 66.8 Å². The fraction of sp³-hybridized carbons (Fsp3) is 0.100. The Bertz CT molecular complexity index is 643. The van der Waals surface area contributed by atoms with E-state index in [4.69, 9.17) is 15.2 Å². The summed E-state index contributed by atoms with van der Waals surface area (Å²) >= 11 is 2.83. The fourth-order valence-corrected chi connectivity index (χ4v) is 2.88. The van der Waals surface area contributed by atoms with Crippen LogP contribution in [0.25, 0.3) is 5.57 Å². The van der Waals surface area contributed by atoms with E-state index in [1.807, 2.05) is 87.1 Å². The molecular formula is C20H16N2ORuS2. The quantitative estimate of drug-likeness (QED) is 0.210. The zero-order valence-corrected chi connectivity index (χ0v) is 17.6. The molecule has 1 aliphatic rings. The molecule has 1 aromatic carbocycles. The summed E-state index contributed by atoms with van der Waals surface area (Å²) in [4.78, 5) is 0.667. The van der Waals surface area contributed by atoms with Gasteiger partial charge in [-0.05, 0) is 44.6 Å². The molecular weight excluding hydrogens is 449 g/mol. The average molecular weight is 466 g/mol. The second kappa shape index (κ2) is 18.5. The van der Waals surface area contributed by atoms with E-state index in [9.17, 15) is 0 Å². The summed E-state index contributed by atoms with van der Waals surface area (Å²) in [5.74, 6) is 0. The maximum atomic E-state index is 9.00. The summed E-state index contributed by atoms with van der Waals surface area (Å²) in [5.41, 5.74) is 1.89. The number of thioether (sulfide) groups is 2. The maximum Gasteiger partial charge on any atom is 1.00 e. The van der Waals surface area contributed by atoms with Gasteiger partial charge in [0, 0.05) is 0 Å². The van der Waals surface area contributed by atoms with E-state index < -0.39 is 0 Å². The topological polar surface area (TPSA) is 67.5 Å². The minimum absolute atomic E-state index is 0. The van der Waals surface area contributed by atoms with Gasteiger partial charge in [-0.1, -0.05) is 23.1 Å². The van der Waals surface area contributed by atoms with E-state index in [0.29, 0.717) is 4.91 Å². The third kappa shape index (κ3) is 10.0. The molecule has 1 aromatic rings. The van der Waals surface area contributed by atoms with Gasteiger partial charge in [-0.25, -0.2) is 11.8 Å². The van der Waals surface area contributed by atoms with Crippen molar-refractivity contribution in [2.45, 2.75) is 0 Å².